The maximum atomic E-state index is 5.87. The zero-order valence-electron chi connectivity index (χ0n) is 11.7. The Bertz CT molecular complexity index is 778. The van der Waals surface area contributed by atoms with E-state index in [9.17, 15) is 0 Å². The van der Waals surface area contributed by atoms with Gasteiger partial charge < -0.3 is 10.5 Å². The van der Waals surface area contributed by atoms with Gasteiger partial charge in [-0.2, -0.15) is 0 Å². The van der Waals surface area contributed by atoms with Crippen molar-refractivity contribution >= 4 is 15.9 Å². The van der Waals surface area contributed by atoms with Gasteiger partial charge in [0.25, 0.3) is 0 Å². The first-order chi connectivity index (χ1) is 10.8. The molecule has 0 saturated carbocycles. The van der Waals surface area contributed by atoms with Crippen molar-refractivity contribution < 1.29 is 4.74 Å². The molecule has 0 spiro atoms. The molecule has 5 heteroatoms. The van der Waals surface area contributed by atoms with Crippen LogP contribution in [0.4, 0.5) is 0 Å². The van der Waals surface area contributed by atoms with E-state index in [1.165, 1.54) is 6.33 Å². The molecule has 2 N–H and O–H groups in total. The molecule has 1 heterocycles. The summed E-state index contributed by atoms with van der Waals surface area (Å²) >= 11 is 3.43. The molecular weight excluding hydrogens is 342 g/mol. The van der Waals surface area contributed by atoms with E-state index in [1.807, 2.05) is 54.6 Å². The van der Waals surface area contributed by atoms with Crippen molar-refractivity contribution in [1.82, 2.24) is 9.97 Å². The van der Waals surface area contributed by atoms with E-state index in [-0.39, 0.29) is 0 Å². The Hall–Kier alpha value is -2.24. The van der Waals surface area contributed by atoms with Crippen LogP contribution in [0.15, 0.2) is 65.4 Å². The molecule has 0 aliphatic carbocycles. The Labute approximate surface area is 137 Å². The lowest BCUT2D eigenvalue weighted by molar-refractivity contribution is 0.456. The molecule has 0 aliphatic heterocycles. The van der Waals surface area contributed by atoms with Crippen LogP contribution in [0.1, 0.15) is 5.56 Å². The van der Waals surface area contributed by atoms with Gasteiger partial charge in [-0.25, -0.2) is 9.97 Å². The molecular formula is C17H14BrN3O. The van der Waals surface area contributed by atoms with Crippen molar-refractivity contribution in [1.29, 1.82) is 0 Å². The van der Waals surface area contributed by atoms with Crippen molar-refractivity contribution in [3.8, 4) is 22.9 Å². The van der Waals surface area contributed by atoms with Crippen LogP contribution in [0.5, 0.6) is 11.6 Å². The Balaban J connectivity index is 1.91. The lowest BCUT2D eigenvalue weighted by Crippen LogP contribution is -2.00. The summed E-state index contributed by atoms with van der Waals surface area (Å²) in [4.78, 5) is 8.46. The van der Waals surface area contributed by atoms with Gasteiger partial charge in [-0.15, -0.1) is 0 Å². The molecule has 22 heavy (non-hydrogen) atoms. The Morgan fingerprint density at radius 2 is 1.82 bits per heavy atom. The number of rotatable bonds is 4. The van der Waals surface area contributed by atoms with E-state index < -0.39 is 0 Å². The predicted octanol–water partition coefficient (Wildman–Crippen LogP) is 4.16. The monoisotopic (exact) mass is 355 g/mol. The highest BCUT2D eigenvalue weighted by Crippen LogP contribution is 2.28. The smallest absolute Gasteiger partial charge is 0.222 e. The highest BCUT2D eigenvalue weighted by molar-refractivity contribution is 9.10. The minimum absolute atomic E-state index is 0.394. The fourth-order valence-corrected chi connectivity index (χ4v) is 2.49. The Morgan fingerprint density at radius 3 is 2.59 bits per heavy atom. The van der Waals surface area contributed by atoms with Gasteiger partial charge in [0, 0.05) is 28.2 Å². The maximum Gasteiger partial charge on any atom is 0.222 e. The van der Waals surface area contributed by atoms with E-state index in [0.717, 1.165) is 21.3 Å². The molecule has 0 saturated heterocycles. The number of nitrogens with two attached hydrogens (primary N) is 1. The Morgan fingerprint density at radius 1 is 1.00 bits per heavy atom. The van der Waals surface area contributed by atoms with E-state index >= 15 is 0 Å². The van der Waals surface area contributed by atoms with Gasteiger partial charge in [-0.05, 0) is 18.2 Å². The van der Waals surface area contributed by atoms with E-state index in [1.54, 1.807) is 0 Å². The summed E-state index contributed by atoms with van der Waals surface area (Å²) < 4.78 is 6.83. The zero-order chi connectivity index (χ0) is 15.4. The second-order valence-electron chi connectivity index (χ2n) is 4.67. The summed E-state index contributed by atoms with van der Waals surface area (Å²) in [5.74, 6) is 1.19. The number of nitrogens with zero attached hydrogens (tertiary/aromatic N) is 2. The molecule has 3 aromatic rings. The summed E-state index contributed by atoms with van der Waals surface area (Å²) in [5, 5.41) is 0. The molecule has 0 atom stereocenters. The third-order valence-electron chi connectivity index (χ3n) is 3.17. The maximum absolute atomic E-state index is 5.87. The summed E-state index contributed by atoms with van der Waals surface area (Å²) in [6.45, 7) is 0.394. The molecule has 0 amide bonds. The van der Waals surface area contributed by atoms with Gasteiger partial charge in [0.1, 0.15) is 12.1 Å². The summed E-state index contributed by atoms with van der Waals surface area (Å²) in [5.41, 5.74) is 8.51. The average molecular weight is 356 g/mol. The molecule has 0 aliphatic rings. The Kier molecular flexibility index (Phi) is 4.46. The predicted molar refractivity (Wildman–Crippen MR) is 89.6 cm³/mol. The first kappa shape index (κ1) is 14.7. The van der Waals surface area contributed by atoms with Crippen LogP contribution in [0.25, 0.3) is 11.3 Å². The number of hydrogen-bond acceptors (Lipinski definition) is 4. The largest absolute Gasteiger partial charge is 0.439 e. The van der Waals surface area contributed by atoms with Gasteiger partial charge in [0.2, 0.25) is 5.88 Å². The zero-order valence-corrected chi connectivity index (χ0v) is 13.3. The van der Waals surface area contributed by atoms with E-state index in [2.05, 4.69) is 25.9 Å². The van der Waals surface area contributed by atoms with Crippen molar-refractivity contribution in [2.45, 2.75) is 6.54 Å². The van der Waals surface area contributed by atoms with Crippen molar-refractivity contribution in [2.24, 2.45) is 5.73 Å². The standard InChI is InChI=1S/C17H14BrN3O/c18-14-6-7-16(13(8-14)10-19)22-17-9-15(20-11-21-17)12-4-2-1-3-5-12/h1-9,11H,10,19H2. The number of halogens is 1. The second-order valence-corrected chi connectivity index (χ2v) is 5.58. The number of hydrogen-bond donors (Lipinski definition) is 1. The van der Waals surface area contributed by atoms with Crippen LogP contribution < -0.4 is 10.5 Å². The molecule has 0 bridgehead atoms. The van der Waals surface area contributed by atoms with Gasteiger partial charge >= 0.3 is 0 Å². The highest BCUT2D eigenvalue weighted by atomic mass is 79.9. The quantitative estimate of drug-likeness (QED) is 0.763. The molecule has 1 aromatic heterocycles. The normalized spacial score (nSPS) is 10.5. The second kappa shape index (κ2) is 6.68. The van der Waals surface area contributed by atoms with Gasteiger partial charge in [0.05, 0.1) is 5.69 Å². The third-order valence-corrected chi connectivity index (χ3v) is 3.66. The van der Waals surface area contributed by atoms with Crippen LogP contribution in [0.2, 0.25) is 0 Å². The van der Waals surface area contributed by atoms with Crippen LogP contribution in [0, 0.1) is 0 Å². The molecule has 0 unspecified atom stereocenters. The first-order valence-corrected chi connectivity index (χ1v) is 7.59. The van der Waals surface area contributed by atoms with Gasteiger partial charge in [0.15, 0.2) is 0 Å². The summed E-state index contributed by atoms with van der Waals surface area (Å²) in [7, 11) is 0. The number of ether oxygens (including phenoxy) is 1. The first-order valence-electron chi connectivity index (χ1n) is 6.80. The third kappa shape index (κ3) is 3.32. The minimum atomic E-state index is 0.394. The van der Waals surface area contributed by atoms with Crippen LogP contribution in [-0.2, 0) is 6.54 Å². The fourth-order valence-electron chi connectivity index (χ4n) is 2.08. The minimum Gasteiger partial charge on any atom is -0.439 e. The lowest BCUT2D eigenvalue weighted by atomic mass is 10.1. The topological polar surface area (TPSA) is 61.0 Å². The molecule has 0 radical (unpaired) electrons. The molecule has 4 nitrogen and oxygen atoms in total. The molecule has 2 aromatic carbocycles. The number of benzene rings is 2. The fraction of sp³-hybridized carbons (Fsp3) is 0.0588. The number of aromatic nitrogens is 2. The summed E-state index contributed by atoms with van der Waals surface area (Å²) in [6, 6.07) is 17.4. The van der Waals surface area contributed by atoms with Crippen molar-refractivity contribution in [3.05, 3.63) is 71.0 Å². The van der Waals surface area contributed by atoms with Gasteiger partial charge in [-0.3, -0.25) is 0 Å². The summed E-state index contributed by atoms with van der Waals surface area (Å²) in [6.07, 6.45) is 1.50. The SMILES string of the molecule is NCc1cc(Br)ccc1Oc1cc(-c2ccccc2)ncn1. The van der Waals surface area contributed by atoms with Crippen molar-refractivity contribution in [3.63, 3.8) is 0 Å². The molecule has 0 fully saturated rings. The lowest BCUT2D eigenvalue weighted by Gasteiger charge is -2.10. The molecule has 110 valence electrons. The van der Waals surface area contributed by atoms with Crippen LogP contribution in [-0.4, -0.2) is 9.97 Å². The van der Waals surface area contributed by atoms with Crippen molar-refractivity contribution in [2.75, 3.05) is 0 Å². The van der Waals surface area contributed by atoms with E-state index in [4.69, 9.17) is 10.5 Å². The van der Waals surface area contributed by atoms with Crippen LogP contribution in [0.3, 0.4) is 0 Å². The average Bonchev–Trinajstić information content (AvgIpc) is 2.57. The highest BCUT2D eigenvalue weighted by Gasteiger charge is 2.07. The molecule has 3 rings (SSSR count). The van der Waals surface area contributed by atoms with E-state index in [0.29, 0.717) is 18.2 Å². The van der Waals surface area contributed by atoms with Gasteiger partial charge in [-0.1, -0.05) is 46.3 Å². The van der Waals surface area contributed by atoms with Crippen LogP contribution >= 0.6 is 15.9 Å².